The molecule has 2 rings (SSSR count). The monoisotopic (exact) mass is 288 g/mol. The van der Waals surface area contributed by atoms with Gasteiger partial charge in [-0.25, -0.2) is 0 Å². The minimum atomic E-state index is -0.128. The molecule has 20 heavy (non-hydrogen) atoms. The Kier molecular flexibility index (Phi) is 4.47. The summed E-state index contributed by atoms with van der Waals surface area (Å²) >= 11 is 5.18. The first kappa shape index (κ1) is 14.2. The molecule has 0 aliphatic carbocycles. The van der Waals surface area contributed by atoms with E-state index in [9.17, 15) is 4.79 Å². The number of rotatable bonds is 5. The van der Waals surface area contributed by atoms with Crippen LogP contribution in [-0.2, 0) is 11.3 Å². The fourth-order valence-corrected chi connectivity index (χ4v) is 2.05. The van der Waals surface area contributed by atoms with E-state index in [1.807, 2.05) is 31.2 Å². The molecule has 0 saturated heterocycles. The van der Waals surface area contributed by atoms with Gasteiger partial charge in [0.25, 0.3) is 0 Å². The molecule has 2 N–H and O–H groups in total. The summed E-state index contributed by atoms with van der Waals surface area (Å²) in [6, 6.07) is 7.90. The van der Waals surface area contributed by atoms with E-state index in [2.05, 4.69) is 22.1 Å². The van der Waals surface area contributed by atoms with E-state index >= 15 is 0 Å². The summed E-state index contributed by atoms with van der Waals surface area (Å²) in [6.45, 7) is 6.13. The normalized spacial score (nSPS) is 10.2. The van der Waals surface area contributed by atoms with Gasteiger partial charge in [0, 0.05) is 12.1 Å². The number of carbonyl (C=O) groups excluding carboxylic acids is 1. The van der Waals surface area contributed by atoms with Crippen molar-refractivity contribution in [2.24, 2.45) is 0 Å². The van der Waals surface area contributed by atoms with Crippen LogP contribution >= 0.6 is 12.2 Å². The van der Waals surface area contributed by atoms with Crippen molar-refractivity contribution >= 4 is 18.1 Å². The summed E-state index contributed by atoms with van der Waals surface area (Å²) in [7, 11) is 0. The Morgan fingerprint density at radius 3 is 3.10 bits per heavy atom. The highest BCUT2D eigenvalue weighted by Gasteiger charge is 2.11. The Hall–Kier alpha value is -2.21. The first-order valence-corrected chi connectivity index (χ1v) is 6.62. The number of aromatic amines is 1. The average Bonchev–Trinajstić information content (AvgIpc) is 2.78. The van der Waals surface area contributed by atoms with Crippen LogP contribution in [-0.4, -0.2) is 27.2 Å². The van der Waals surface area contributed by atoms with E-state index in [-0.39, 0.29) is 12.5 Å². The standard InChI is InChI=1S/C14H16N4OS/c1-3-7-15-12(19)9-18-13(16-17-14(18)20)11-6-4-5-10(2)8-11/h3-6,8H,1,7,9H2,2H3,(H,15,19)(H,17,20). The van der Waals surface area contributed by atoms with E-state index < -0.39 is 0 Å². The molecule has 0 spiro atoms. The van der Waals surface area contributed by atoms with Crippen LogP contribution < -0.4 is 5.32 Å². The molecule has 6 heteroatoms. The van der Waals surface area contributed by atoms with Crippen molar-refractivity contribution in [3.8, 4) is 11.4 Å². The molecular formula is C14H16N4OS. The second-order valence-corrected chi connectivity index (χ2v) is 4.79. The van der Waals surface area contributed by atoms with Crippen LogP contribution in [0.15, 0.2) is 36.9 Å². The number of benzene rings is 1. The summed E-state index contributed by atoms with van der Waals surface area (Å²) in [6.07, 6.45) is 1.63. The molecule has 0 saturated carbocycles. The molecule has 1 aromatic carbocycles. The van der Waals surface area contributed by atoms with Crippen molar-refractivity contribution < 1.29 is 4.79 Å². The van der Waals surface area contributed by atoms with Crippen molar-refractivity contribution in [2.45, 2.75) is 13.5 Å². The molecule has 0 radical (unpaired) electrons. The molecule has 2 aromatic rings. The molecule has 0 unspecified atom stereocenters. The first-order valence-electron chi connectivity index (χ1n) is 6.21. The lowest BCUT2D eigenvalue weighted by Crippen LogP contribution is -2.27. The molecule has 0 bridgehead atoms. The molecule has 0 aliphatic rings. The Bertz CT molecular complexity index is 686. The van der Waals surface area contributed by atoms with Crippen molar-refractivity contribution in [3.63, 3.8) is 0 Å². The lowest BCUT2D eigenvalue weighted by Gasteiger charge is -2.07. The Balaban J connectivity index is 2.30. The van der Waals surface area contributed by atoms with Gasteiger partial charge in [0.1, 0.15) is 6.54 Å². The lowest BCUT2D eigenvalue weighted by atomic mass is 10.1. The molecule has 0 atom stereocenters. The van der Waals surface area contributed by atoms with Gasteiger partial charge in [-0.15, -0.1) is 6.58 Å². The number of aromatic nitrogens is 3. The maximum absolute atomic E-state index is 11.8. The van der Waals surface area contributed by atoms with Gasteiger partial charge < -0.3 is 5.32 Å². The largest absolute Gasteiger partial charge is 0.351 e. The highest BCUT2D eigenvalue weighted by atomic mass is 32.1. The zero-order valence-electron chi connectivity index (χ0n) is 11.2. The maximum Gasteiger partial charge on any atom is 0.240 e. The molecule has 0 fully saturated rings. The summed E-state index contributed by atoms with van der Waals surface area (Å²) in [4.78, 5) is 11.8. The SMILES string of the molecule is C=CCNC(=O)Cn1c(-c2cccc(C)c2)n[nH]c1=S. The Morgan fingerprint density at radius 2 is 2.40 bits per heavy atom. The topological polar surface area (TPSA) is 62.7 Å². The molecule has 0 aliphatic heterocycles. The van der Waals surface area contributed by atoms with Gasteiger partial charge in [-0.05, 0) is 25.2 Å². The van der Waals surface area contributed by atoms with Crippen LogP contribution in [0.4, 0.5) is 0 Å². The van der Waals surface area contributed by atoms with E-state index in [4.69, 9.17) is 12.2 Å². The van der Waals surface area contributed by atoms with Gasteiger partial charge in [-0.1, -0.05) is 29.8 Å². The first-order chi connectivity index (χ1) is 9.61. The van der Waals surface area contributed by atoms with Crippen molar-refractivity contribution in [2.75, 3.05) is 6.54 Å². The van der Waals surface area contributed by atoms with Crippen LogP contribution in [0, 0.1) is 11.7 Å². The van der Waals surface area contributed by atoms with Gasteiger partial charge >= 0.3 is 0 Å². The number of H-pyrrole nitrogens is 1. The minimum Gasteiger partial charge on any atom is -0.351 e. The number of hydrogen-bond acceptors (Lipinski definition) is 3. The molecular weight excluding hydrogens is 272 g/mol. The predicted molar refractivity (Wildman–Crippen MR) is 80.8 cm³/mol. The van der Waals surface area contributed by atoms with Crippen molar-refractivity contribution in [1.29, 1.82) is 0 Å². The third-order valence-electron chi connectivity index (χ3n) is 2.78. The van der Waals surface area contributed by atoms with Crippen LogP contribution in [0.5, 0.6) is 0 Å². The van der Waals surface area contributed by atoms with E-state index in [0.717, 1.165) is 11.1 Å². The number of amides is 1. The molecule has 1 heterocycles. The van der Waals surface area contributed by atoms with Gasteiger partial charge in [0.2, 0.25) is 5.91 Å². The third-order valence-corrected chi connectivity index (χ3v) is 3.09. The zero-order chi connectivity index (χ0) is 14.5. The Labute approximate surface area is 122 Å². The number of hydrogen-bond donors (Lipinski definition) is 2. The lowest BCUT2D eigenvalue weighted by molar-refractivity contribution is -0.121. The number of nitrogens with one attached hydrogen (secondary N) is 2. The van der Waals surface area contributed by atoms with E-state index in [1.54, 1.807) is 10.6 Å². The number of nitrogens with zero attached hydrogens (tertiary/aromatic N) is 2. The summed E-state index contributed by atoms with van der Waals surface area (Å²) in [5.41, 5.74) is 2.05. The van der Waals surface area contributed by atoms with Gasteiger partial charge in [0.05, 0.1) is 0 Å². The Morgan fingerprint density at radius 1 is 1.60 bits per heavy atom. The van der Waals surface area contributed by atoms with Crippen LogP contribution in [0.3, 0.4) is 0 Å². The predicted octanol–water partition coefficient (Wildman–Crippen LogP) is 2.22. The van der Waals surface area contributed by atoms with Crippen molar-refractivity contribution in [3.05, 3.63) is 47.3 Å². The zero-order valence-corrected chi connectivity index (χ0v) is 12.0. The van der Waals surface area contributed by atoms with Gasteiger partial charge in [-0.2, -0.15) is 5.10 Å². The second kappa shape index (κ2) is 6.29. The van der Waals surface area contributed by atoms with E-state index in [1.165, 1.54) is 0 Å². The van der Waals surface area contributed by atoms with Gasteiger partial charge in [-0.3, -0.25) is 14.5 Å². The number of carbonyl (C=O) groups is 1. The molecule has 5 nitrogen and oxygen atoms in total. The molecule has 1 amide bonds. The fraction of sp³-hybridized carbons (Fsp3) is 0.214. The van der Waals surface area contributed by atoms with E-state index in [0.29, 0.717) is 17.1 Å². The average molecular weight is 288 g/mol. The summed E-state index contributed by atoms with van der Waals surface area (Å²) in [5, 5.41) is 9.66. The van der Waals surface area contributed by atoms with Crippen LogP contribution in [0.1, 0.15) is 5.56 Å². The second-order valence-electron chi connectivity index (χ2n) is 4.40. The minimum absolute atomic E-state index is 0.128. The summed E-state index contributed by atoms with van der Waals surface area (Å²) < 4.78 is 2.11. The highest BCUT2D eigenvalue weighted by Crippen LogP contribution is 2.18. The fourth-order valence-electron chi connectivity index (χ4n) is 1.85. The molecule has 104 valence electrons. The smallest absolute Gasteiger partial charge is 0.240 e. The van der Waals surface area contributed by atoms with Crippen LogP contribution in [0.25, 0.3) is 11.4 Å². The van der Waals surface area contributed by atoms with Crippen LogP contribution in [0.2, 0.25) is 0 Å². The van der Waals surface area contributed by atoms with Crippen molar-refractivity contribution in [1.82, 2.24) is 20.1 Å². The maximum atomic E-state index is 11.8. The quantitative estimate of drug-likeness (QED) is 0.655. The highest BCUT2D eigenvalue weighted by molar-refractivity contribution is 7.71. The van der Waals surface area contributed by atoms with Gasteiger partial charge in [0.15, 0.2) is 10.6 Å². The third kappa shape index (κ3) is 3.21. The number of aryl methyl sites for hydroxylation is 1. The summed E-state index contributed by atoms with van der Waals surface area (Å²) in [5.74, 6) is 0.531. The molecule has 1 aromatic heterocycles.